The molecular weight excluding hydrogens is 384 g/mol. The van der Waals surface area contributed by atoms with Gasteiger partial charge in [-0.25, -0.2) is 19.4 Å². The van der Waals surface area contributed by atoms with Crippen LogP contribution in [0.25, 0.3) is 26.8 Å². The van der Waals surface area contributed by atoms with Crippen LogP contribution >= 0.6 is 22.9 Å². The minimum absolute atomic E-state index is 0.0924. The molecule has 6 nitrogen and oxygen atoms in total. The number of hydrogen-bond acceptors (Lipinski definition) is 6. The van der Waals surface area contributed by atoms with Crippen LogP contribution in [0.1, 0.15) is 23.0 Å². The van der Waals surface area contributed by atoms with Crippen molar-refractivity contribution < 1.29 is 4.79 Å². The van der Waals surface area contributed by atoms with Crippen LogP contribution < -0.4 is 5.56 Å². The summed E-state index contributed by atoms with van der Waals surface area (Å²) >= 11 is 7.29. The van der Waals surface area contributed by atoms with Gasteiger partial charge in [0.05, 0.1) is 22.0 Å². The van der Waals surface area contributed by atoms with Crippen molar-refractivity contribution >= 4 is 33.7 Å². The second-order valence-electron chi connectivity index (χ2n) is 5.91. The summed E-state index contributed by atoms with van der Waals surface area (Å²) in [5.41, 5.74) is 2.16. The highest BCUT2D eigenvalue weighted by Crippen LogP contribution is 2.37. The van der Waals surface area contributed by atoms with Crippen LogP contribution in [0.15, 0.2) is 47.4 Å². The molecular formula is C19H13ClN4O2S. The van der Waals surface area contributed by atoms with Crippen LogP contribution in [-0.2, 0) is 0 Å². The molecule has 0 radical (unpaired) electrons. The van der Waals surface area contributed by atoms with Gasteiger partial charge in [-0.2, -0.15) is 0 Å². The van der Waals surface area contributed by atoms with E-state index in [2.05, 4.69) is 15.0 Å². The second kappa shape index (κ2) is 6.68. The zero-order valence-corrected chi connectivity index (χ0v) is 16.0. The van der Waals surface area contributed by atoms with Gasteiger partial charge in [-0.3, -0.25) is 9.59 Å². The molecule has 4 rings (SSSR count). The van der Waals surface area contributed by atoms with E-state index >= 15 is 0 Å². The Morgan fingerprint density at radius 3 is 2.56 bits per heavy atom. The van der Waals surface area contributed by atoms with E-state index in [1.54, 1.807) is 19.2 Å². The SMILES string of the molecule is CC(=O)c1c(C)nc2sc(-c3ccnc(Cl)n3)c(-c3ccccc3)n2c1=O. The Bertz CT molecular complexity index is 1250. The fourth-order valence-electron chi connectivity index (χ4n) is 3.01. The first-order valence-electron chi connectivity index (χ1n) is 8.09. The molecule has 0 aliphatic carbocycles. The van der Waals surface area contributed by atoms with Crippen molar-refractivity contribution in [2.75, 3.05) is 0 Å². The predicted molar refractivity (Wildman–Crippen MR) is 106 cm³/mol. The number of thiazole rings is 1. The highest BCUT2D eigenvalue weighted by molar-refractivity contribution is 7.20. The number of aryl methyl sites for hydroxylation is 1. The highest BCUT2D eigenvalue weighted by Gasteiger charge is 2.23. The molecule has 0 spiro atoms. The minimum atomic E-state index is -0.383. The van der Waals surface area contributed by atoms with Gasteiger partial charge >= 0.3 is 0 Å². The number of benzene rings is 1. The summed E-state index contributed by atoms with van der Waals surface area (Å²) in [6.07, 6.45) is 1.56. The van der Waals surface area contributed by atoms with Gasteiger partial charge in [0.25, 0.3) is 5.56 Å². The number of halogens is 1. The van der Waals surface area contributed by atoms with E-state index in [-0.39, 0.29) is 22.2 Å². The Kier molecular flexibility index (Phi) is 4.33. The Labute approximate surface area is 163 Å². The number of rotatable bonds is 3. The third-order valence-corrected chi connectivity index (χ3v) is 5.37. The number of ketones is 1. The van der Waals surface area contributed by atoms with Crippen LogP contribution in [-0.4, -0.2) is 25.1 Å². The Hall–Kier alpha value is -2.90. The van der Waals surface area contributed by atoms with Crippen LogP contribution in [0.2, 0.25) is 5.28 Å². The molecule has 0 amide bonds. The van der Waals surface area contributed by atoms with E-state index in [0.29, 0.717) is 22.0 Å². The van der Waals surface area contributed by atoms with Gasteiger partial charge in [-0.1, -0.05) is 41.7 Å². The molecule has 3 aromatic heterocycles. The quantitative estimate of drug-likeness (QED) is 0.385. The van der Waals surface area contributed by atoms with E-state index in [1.807, 2.05) is 30.3 Å². The number of Topliss-reactive ketones (excluding diaryl/α,β-unsaturated/α-hetero) is 1. The molecule has 0 unspecified atom stereocenters. The van der Waals surface area contributed by atoms with Gasteiger partial charge in [0, 0.05) is 11.8 Å². The van der Waals surface area contributed by atoms with E-state index < -0.39 is 0 Å². The van der Waals surface area contributed by atoms with Crippen LogP contribution in [0.4, 0.5) is 0 Å². The van der Waals surface area contributed by atoms with Crippen molar-refractivity contribution in [3.8, 4) is 21.8 Å². The Morgan fingerprint density at radius 1 is 1.15 bits per heavy atom. The van der Waals surface area contributed by atoms with Gasteiger partial charge in [0.15, 0.2) is 10.7 Å². The van der Waals surface area contributed by atoms with E-state index in [9.17, 15) is 9.59 Å². The molecule has 4 aromatic rings. The average molecular weight is 397 g/mol. The molecule has 0 atom stereocenters. The van der Waals surface area contributed by atoms with Crippen LogP contribution in [0.3, 0.4) is 0 Å². The summed E-state index contributed by atoms with van der Waals surface area (Å²) < 4.78 is 1.48. The van der Waals surface area contributed by atoms with Gasteiger partial charge in [-0.15, -0.1) is 0 Å². The van der Waals surface area contributed by atoms with Crippen molar-refractivity contribution in [2.24, 2.45) is 0 Å². The fourth-order valence-corrected chi connectivity index (χ4v) is 4.31. The zero-order valence-electron chi connectivity index (χ0n) is 14.4. The summed E-state index contributed by atoms with van der Waals surface area (Å²) in [7, 11) is 0. The minimum Gasteiger partial charge on any atom is -0.294 e. The van der Waals surface area contributed by atoms with Crippen molar-refractivity contribution in [1.82, 2.24) is 19.4 Å². The molecule has 3 heterocycles. The molecule has 27 heavy (non-hydrogen) atoms. The summed E-state index contributed by atoms with van der Waals surface area (Å²) in [5, 5.41) is 0.116. The molecule has 8 heteroatoms. The molecule has 0 aliphatic rings. The third-order valence-electron chi connectivity index (χ3n) is 4.12. The first-order chi connectivity index (χ1) is 13.0. The number of aromatic nitrogens is 4. The monoisotopic (exact) mass is 396 g/mol. The number of nitrogens with zero attached hydrogens (tertiary/aromatic N) is 4. The van der Waals surface area contributed by atoms with E-state index in [1.165, 1.54) is 22.7 Å². The van der Waals surface area contributed by atoms with Crippen molar-refractivity contribution in [2.45, 2.75) is 13.8 Å². The van der Waals surface area contributed by atoms with Gasteiger partial charge < -0.3 is 0 Å². The highest BCUT2D eigenvalue weighted by atomic mass is 35.5. The Balaban J connectivity index is 2.18. The molecule has 134 valence electrons. The summed E-state index contributed by atoms with van der Waals surface area (Å²) in [6, 6.07) is 11.2. The lowest BCUT2D eigenvalue weighted by molar-refractivity contribution is 0.101. The maximum atomic E-state index is 13.1. The maximum absolute atomic E-state index is 13.1. The number of carbonyl (C=O) groups excluding carboxylic acids is 1. The maximum Gasteiger partial charge on any atom is 0.270 e. The van der Waals surface area contributed by atoms with Crippen LogP contribution in [0, 0.1) is 6.92 Å². The Morgan fingerprint density at radius 2 is 1.89 bits per heavy atom. The lowest BCUT2D eigenvalue weighted by atomic mass is 10.1. The van der Waals surface area contributed by atoms with Gasteiger partial charge in [0.2, 0.25) is 5.28 Å². The lowest BCUT2D eigenvalue weighted by Crippen LogP contribution is -2.23. The zero-order chi connectivity index (χ0) is 19.1. The van der Waals surface area contributed by atoms with Gasteiger partial charge in [-0.05, 0) is 31.5 Å². The predicted octanol–water partition coefficient (Wildman–Crippen LogP) is 4.04. The number of hydrogen-bond donors (Lipinski definition) is 0. The largest absolute Gasteiger partial charge is 0.294 e. The molecule has 0 saturated carbocycles. The fraction of sp³-hybridized carbons (Fsp3) is 0.105. The summed E-state index contributed by atoms with van der Waals surface area (Å²) in [4.78, 5) is 39.1. The van der Waals surface area contributed by atoms with E-state index in [4.69, 9.17) is 11.6 Å². The molecule has 0 saturated heterocycles. The third kappa shape index (κ3) is 2.94. The van der Waals surface area contributed by atoms with Crippen LogP contribution in [0.5, 0.6) is 0 Å². The summed E-state index contributed by atoms with van der Waals surface area (Å²) in [6.45, 7) is 3.04. The summed E-state index contributed by atoms with van der Waals surface area (Å²) in [5.74, 6) is -0.309. The normalized spacial score (nSPS) is 11.1. The topological polar surface area (TPSA) is 77.2 Å². The molecule has 0 fully saturated rings. The molecule has 1 aromatic carbocycles. The van der Waals surface area contributed by atoms with E-state index in [0.717, 1.165) is 10.4 Å². The van der Waals surface area contributed by atoms with Crippen molar-refractivity contribution in [1.29, 1.82) is 0 Å². The first-order valence-corrected chi connectivity index (χ1v) is 9.28. The average Bonchev–Trinajstić information content (AvgIpc) is 3.01. The number of carbonyl (C=O) groups is 1. The first kappa shape index (κ1) is 17.5. The smallest absolute Gasteiger partial charge is 0.270 e. The molecule has 0 aliphatic heterocycles. The van der Waals surface area contributed by atoms with Gasteiger partial charge in [0.1, 0.15) is 5.56 Å². The molecule has 0 bridgehead atoms. The van der Waals surface area contributed by atoms with Crippen molar-refractivity contribution in [3.63, 3.8) is 0 Å². The van der Waals surface area contributed by atoms with Crippen molar-refractivity contribution in [3.05, 3.63) is 69.5 Å². The lowest BCUT2D eigenvalue weighted by Gasteiger charge is -2.07. The molecule has 0 N–H and O–H groups in total. The standard InChI is InChI=1S/C19H13ClN4O2S/c1-10-14(11(2)25)17(26)24-15(12-6-4-3-5-7-12)16(27-19(24)22-10)13-8-9-21-18(20)23-13/h3-9H,1-2H3. The second-order valence-corrected chi connectivity index (χ2v) is 7.22. The number of fused-ring (bicyclic) bond motifs is 1.